The van der Waals surface area contributed by atoms with E-state index in [1.807, 2.05) is 6.07 Å². The molecule has 8 nitrogen and oxygen atoms in total. The summed E-state index contributed by atoms with van der Waals surface area (Å²) >= 11 is 0. The van der Waals surface area contributed by atoms with Gasteiger partial charge in [-0.05, 0) is 71.9 Å². The number of fused-ring (bicyclic) bond motifs is 2. The normalized spacial score (nSPS) is 20.3. The third kappa shape index (κ3) is 3.69. The number of benzene rings is 2. The predicted octanol–water partition coefficient (Wildman–Crippen LogP) is 5.83. The van der Waals surface area contributed by atoms with Crippen molar-refractivity contribution in [1.82, 2.24) is 10.3 Å². The number of hydrogen-bond acceptors (Lipinski definition) is 7. The molecule has 1 saturated heterocycles. The number of rotatable bonds is 3. The summed E-state index contributed by atoms with van der Waals surface area (Å²) in [5.41, 5.74) is 4.45. The van der Waals surface area contributed by atoms with Gasteiger partial charge in [-0.3, -0.25) is 10.1 Å². The van der Waals surface area contributed by atoms with Crippen LogP contribution in [0.3, 0.4) is 0 Å². The molecule has 180 valence electrons. The van der Waals surface area contributed by atoms with E-state index in [2.05, 4.69) is 79.0 Å². The van der Waals surface area contributed by atoms with Gasteiger partial charge in [0, 0.05) is 25.2 Å². The zero-order valence-corrected chi connectivity index (χ0v) is 20.7. The van der Waals surface area contributed by atoms with E-state index in [-0.39, 0.29) is 27.1 Å². The summed E-state index contributed by atoms with van der Waals surface area (Å²) in [5, 5.41) is 20.4. The zero-order chi connectivity index (χ0) is 24.3. The van der Waals surface area contributed by atoms with Crippen LogP contribution in [-0.4, -0.2) is 33.9 Å². The van der Waals surface area contributed by atoms with Crippen LogP contribution in [0, 0.1) is 16.0 Å². The molecule has 0 bridgehead atoms. The molecule has 1 fully saturated rings. The first-order valence-corrected chi connectivity index (χ1v) is 12.1. The van der Waals surface area contributed by atoms with Crippen LogP contribution in [0.5, 0.6) is 0 Å². The first-order chi connectivity index (χ1) is 16.1. The van der Waals surface area contributed by atoms with Gasteiger partial charge in [0.2, 0.25) is 5.52 Å². The van der Waals surface area contributed by atoms with Gasteiger partial charge in [0.15, 0.2) is 5.52 Å². The minimum Gasteiger partial charge on any atom is -0.366 e. The van der Waals surface area contributed by atoms with E-state index < -0.39 is 0 Å². The van der Waals surface area contributed by atoms with Crippen LogP contribution in [0.4, 0.5) is 17.1 Å². The maximum Gasteiger partial charge on any atom is 0.323 e. The quantitative estimate of drug-likeness (QED) is 0.356. The van der Waals surface area contributed by atoms with Crippen LogP contribution >= 0.6 is 0 Å². The number of aromatic nitrogens is 2. The first-order valence-electron chi connectivity index (χ1n) is 12.1. The van der Waals surface area contributed by atoms with Crippen molar-refractivity contribution in [3.63, 3.8) is 0 Å². The Labute approximate surface area is 200 Å². The Morgan fingerprint density at radius 1 is 1.06 bits per heavy atom. The van der Waals surface area contributed by atoms with E-state index in [1.165, 1.54) is 11.1 Å². The van der Waals surface area contributed by atoms with Crippen LogP contribution in [0.25, 0.3) is 11.0 Å². The summed E-state index contributed by atoms with van der Waals surface area (Å²) in [4.78, 5) is 16.4. The van der Waals surface area contributed by atoms with Crippen LogP contribution in [0.15, 0.2) is 35.0 Å². The lowest BCUT2D eigenvalue weighted by molar-refractivity contribution is -0.382. The number of nitro benzene ring substituents is 1. The van der Waals surface area contributed by atoms with Crippen LogP contribution < -0.4 is 9.80 Å². The highest BCUT2D eigenvalue weighted by Gasteiger charge is 2.41. The summed E-state index contributed by atoms with van der Waals surface area (Å²) < 4.78 is 5.11. The van der Waals surface area contributed by atoms with E-state index in [0.717, 1.165) is 38.0 Å². The van der Waals surface area contributed by atoms with E-state index in [1.54, 1.807) is 0 Å². The van der Waals surface area contributed by atoms with Crippen LogP contribution in [0.1, 0.15) is 65.0 Å². The molecule has 0 radical (unpaired) electrons. The van der Waals surface area contributed by atoms with Crippen molar-refractivity contribution < 1.29 is 9.55 Å². The summed E-state index contributed by atoms with van der Waals surface area (Å²) in [5.74, 6) is 0.621. The van der Waals surface area contributed by atoms with E-state index >= 15 is 0 Å². The molecule has 2 aliphatic heterocycles. The average molecular weight is 464 g/mol. The Bertz CT molecular complexity index is 1240. The number of nitro groups is 1. The fourth-order valence-electron chi connectivity index (χ4n) is 6.16. The molecule has 1 aromatic heterocycles. The SMILES string of the molecule is CC1CCN(c2cc(N3Cc4ccccc4C(C)(C)CC3(C)C)c3nonc3c2[N+](=O)[O-])CC1. The third-order valence-corrected chi connectivity index (χ3v) is 7.75. The molecule has 0 amide bonds. The van der Waals surface area contributed by atoms with Crippen LogP contribution in [0.2, 0.25) is 0 Å². The Kier molecular flexibility index (Phi) is 5.30. The minimum atomic E-state index is -0.338. The Morgan fingerprint density at radius 3 is 2.44 bits per heavy atom. The van der Waals surface area contributed by atoms with Gasteiger partial charge in [0.1, 0.15) is 5.69 Å². The smallest absolute Gasteiger partial charge is 0.323 e. The second-order valence-corrected chi connectivity index (χ2v) is 11.3. The molecule has 0 atom stereocenters. The maximum absolute atomic E-state index is 12.2. The molecular weight excluding hydrogens is 430 g/mol. The molecule has 0 saturated carbocycles. The van der Waals surface area contributed by atoms with Crippen molar-refractivity contribution in [2.45, 2.75) is 71.4 Å². The second-order valence-electron chi connectivity index (χ2n) is 11.3. The van der Waals surface area contributed by atoms with Gasteiger partial charge < -0.3 is 9.80 Å². The molecule has 8 heteroatoms. The lowest BCUT2D eigenvalue weighted by atomic mass is 9.75. The van der Waals surface area contributed by atoms with Crippen LogP contribution in [-0.2, 0) is 12.0 Å². The van der Waals surface area contributed by atoms with Gasteiger partial charge in [0.05, 0.1) is 10.6 Å². The summed E-state index contributed by atoms with van der Waals surface area (Å²) in [6, 6.07) is 10.5. The van der Waals surface area contributed by atoms with E-state index in [4.69, 9.17) is 4.63 Å². The standard InChI is InChI=1S/C26H33N5O3/c1-17-10-12-29(13-11-17)21-14-20(22-23(28-34-27-22)24(21)31(32)33)30-15-18-8-6-7-9-19(18)25(2,3)16-26(30,4)5/h6-9,14,17H,10-13,15-16H2,1-5H3. The number of anilines is 2. The highest BCUT2D eigenvalue weighted by molar-refractivity contribution is 6.00. The van der Waals surface area contributed by atoms with Gasteiger partial charge in [-0.1, -0.05) is 45.0 Å². The topological polar surface area (TPSA) is 88.5 Å². The van der Waals surface area contributed by atoms with Crippen molar-refractivity contribution in [2.24, 2.45) is 5.92 Å². The molecule has 0 N–H and O–H groups in total. The third-order valence-electron chi connectivity index (χ3n) is 7.75. The predicted molar refractivity (Wildman–Crippen MR) is 133 cm³/mol. The van der Waals surface area contributed by atoms with Crippen molar-refractivity contribution in [3.8, 4) is 0 Å². The molecule has 2 aromatic carbocycles. The van der Waals surface area contributed by atoms with Crippen molar-refractivity contribution >= 4 is 28.1 Å². The number of hydrogen-bond donors (Lipinski definition) is 0. The molecular formula is C26H33N5O3. The Balaban J connectivity index is 1.71. The van der Waals surface area contributed by atoms with E-state index in [9.17, 15) is 10.1 Å². The van der Waals surface area contributed by atoms with Gasteiger partial charge >= 0.3 is 5.69 Å². The molecule has 5 rings (SSSR count). The molecule has 34 heavy (non-hydrogen) atoms. The van der Waals surface area contributed by atoms with Crippen molar-refractivity contribution in [2.75, 3.05) is 22.9 Å². The minimum absolute atomic E-state index is 0.0112. The first kappa shape index (κ1) is 22.6. The van der Waals surface area contributed by atoms with Gasteiger partial charge in [-0.2, -0.15) is 0 Å². The second kappa shape index (κ2) is 7.96. The average Bonchev–Trinajstić information content (AvgIpc) is 3.23. The van der Waals surface area contributed by atoms with Gasteiger partial charge in [-0.25, -0.2) is 4.63 Å². The summed E-state index contributed by atoms with van der Waals surface area (Å²) in [7, 11) is 0. The Hall–Kier alpha value is -3.16. The fraction of sp³-hybridized carbons (Fsp3) is 0.538. The maximum atomic E-state index is 12.2. The molecule has 0 unspecified atom stereocenters. The number of nitrogens with zero attached hydrogens (tertiary/aromatic N) is 5. The molecule has 0 spiro atoms. The largest absolute Gasteiger partial charge is 0.366 e. The Morgan fingerprint density at radius 2 is 1.74 bits per heavy atom. The number of piperidine rings is 1. The molecule has 2 aliphatic rings. The summed E-state index contributed by atoms with van der Waals surface area (Å²) in [6.45, 7) is 13.6. The van der Waals surface area contributed by atoms with Gasteiger partial charge in [0.25, 0.3) is 0 Å². The molecule has 3 heterocycles. The molecule has 3 aromatic rings. The lowest BCUT2D eigenvalue weighted by Gasteiger charge is -2.42. The van der Waals surface area contributed by atoms with Crippen molar-refractivity contribution in [1.29, 1.82) is 0 Å². The highest BCUT2D eigenvalue weighted by atomic mass is 16.6. The lowest BCUT2D eigenvalue weighted by Crippen LogP contribution is -2.45. The highest BCUT2D eigenvalue weighted by Crippen LogP contribution is 2.47. The van der Waals surface area contributed by atoms with Crippen molar-refractivity contribution in [3.05, 3.63) is 51.6 Å². The van der Waals surface area contributed by atoms with E-state index in [0.29, 0.717) is 23.7 Å². The molecule has 0 aliphatic carbocycles. The van der Waals surface area contributed by atoms with Gasteiger partial charge in [-0.15, -0.1) is 0 Å². The monoisotopic (exact) mass is 463 g/mol. The fourth-order valence-corrected chi connectivity index (χ4v) is 6.16. The summed E-state index contributed by atoms with van der Waals surface area (Å²) in [6.07, 6.45) is 2.94. The zero-order valence-electron chi connectivity index (χ0n) is 20.7.